The van der Waals surface area contributed by atoms with Crippen LogP contribution < -0.4 is 15.4 Å². The lowest BCUT2D eigenvalue weighted by Gasteiger charge is -2.19. The van der Waals surface area contributed by atoms with E-state index in [1.807, 2.05) is 31.3 Å². The maximum atomic E-state index is 11.6. The van der Waals surface area contributed by atoms with Gasteiger partial charge in [-0.3, -0.25) is 4.72 Å². The molecule has 0 unspecified atom stereocenters. The number of sulfonamides is 1. The number of rotatable bonds is 5. The summed E-state index contributed by atoms with van der Waals surface area (Å²) in [4.78, 5) is 4.91. The second-order valence-corrected chi connectivity index (χ2v) is 9.18. The van der Waals surface area contributed by atoms with Crippen LogP contribution in [0.4, 0.5) is 22.7 Å². The molecule has 30 heavy (non-hydrogen) atoms. The van der Waals surface area contributed by atoms with Gasteiger partial charge in [-0.15, -0.1) is 0 Å². The molecule has 0 radical (unpaired) electrons. The van der Waals surface area contributed by atoms with Gasteiger partial charge in [0, 0.05) is 17.8 Å². The van der Waals surface area contributed by atoms with Crippen LogP contribution in [0, 0.1) is 13.8 Å². The van der Waals surface area contributed by atoms with Crippen molar-refractivity contribution in [2.24, 2.45) is 0 Å². The van der Waals surface area contributed by atoms with Crippen LogP contribution in [-0.2, 0) is 10.0 Å². The quantitative estimate of drug-likeness (QED) is 0.388. The SMILES string of the molecule is CNc1cc(NS(C)(=O)=O)ccc1Nc1c2ccccc2nc2c(C)ccc(C)c12. The number of para-hydroxylation sites is 1. The van der Waals surface area contributed by atoms with Gasteiger partial charge in [0.25, 0.3) is 0 Å². The maximum Gasteiger partial charge on any atom is 0.229 e. The van der Waals surface area contributed by atoms with Crippen LogP contribution >= 0.6 is 0 Å². The van der Waals surface area contributed by atoms with E-state index in [2.05, 4.69) is 47.4 Å². The first-order valence-electron chi connectivity index (χ1n) is 9.62. The molecule has 0 atom stereocenters. The van der Waals surface area contributed by atoms with Crippen LogP contribution in [0.3, 0.4) is 0 Å². The van der Waals surface area contributed by atoms with E-state index in [0.717, 1.165) is 56.3 Å². The highest BCUT2D eigenvalue weighted by atomic mass is 32.2. The fourth-order valence-corrected chi connectivity index (χ4v) is 4.25. The van der Waals surface area contributed by atoms with Crippen molar-refractivity contribution >= 4 is 54.6 Å². The molecule has 0 saturated carbocycles. The lowest BCUT2D eigenvalue weighted by molar-refractivity contribution is 0.607. The van der Waals surface area contributed by atoms with Gasteiger partial charge in [0.1, 0.15) is 0 Å². The maximum absolute atomic E-state index is 11.6. The van der Waals surface area contributed by atoms with E-state index in [9.17, 15) is 8.42 Å². The molecular formula is C23H24N4O2S. The van der Waals surface area contributed by atoms with Gasteiger partial charge in [-0.1, -0.05) is 30.3 Å². The van der Waals surface area contributed by atoms with Gasteiger partial charge in [0.15, 0.2) is 0 Å². The number of anilines is 4. The highest BCUT2D eigenvalue weighted by Crippen LogP contribution is 2.38. The van der Waals surface area contributed by atoms with Gasteiger partial charge >= 0.3 is 0 Å². The molecule has 3 aromatic carbocycles. The molecule has 4 rings (SSSR count). The van der Waals surface area contributed by atoms with Crippen LogP contribution in [0.25, 0.3) is 21.8 Å². The van der Waals surface area contributed by atoms with Crippen LogP contribution in [-0.4, -0.2) is 26.7 Å². The summed E-state index contributed by atoms with van der Waals surface area (Å²) in [7, 11) is -1.54. The van der Waals surface area contributed by atoms with E-state index in [1.165, 1.54) is 0 Å². The minimum absolute atomic E-state index is 0.504. The van der Waals surface area contributed by atoms with Crippen molar-refractivity contribution in [2.45, 2.75) is 13.8 Å². The topological polar surface area (TPSA) is 83.1 Å². The summed E-state index contributed by atoms with van der Waals surface area (Å²) >= 11 is 0. The van der Waals surface area contributed by atoms with E-state index >= 15 is 0 Å². The Morgan fingerprint density at radius 3 is 2.37 bits per heavy atom. The predicted octanol–water partition coefficient (Wildman–Crippen LogP) is 5.16. The van der Waals surface area contributed by atoms with Crippen molar-refractivity contribution in [3.63, 3.8) is 0 Å². The average Bonchev–Trinajstić information content (AvgIpc) is 2.70. The molecule has 154 valence electrons. The number of nitrogens with one attached hydrogen (secondary N) is 3. The number of hydrogen-bond donors (Lipinski definition) is 3. The van der Waals surface area contributed by atoms with Gasteiger partial charge in [-0.25, -0.2) is 13.4 Å². The molecule has 0 aliphatic heterocycles. The fourth-order valence-electron chi connectivity index (χ4n) is 3.70. The van der Waals surface area contributed by atoms with Crippen molar-refractivity contribution in [3.05, 3.63) is 65.7 Å². The van der Waals surface area contributed by atoms with Crippen molar-refractivity contribution in [2.75, 3.05) is 28.7 Å². The second-order valence-electron chi connectivity index (χ2n) is 7.44. The zero-order valence-electron chi connectivity index (χ0n) is 17.4. The van der Waals surface area contributed by atoms with E-state index in [0.29, 0.717) is 5.69 Å². The zero-order chi connectivity index (χ0) is 21.5. The molecule has 0 saturated heterocycles. The highest BCUT2D eigenvalue weighted by Gasteiger charge is 2.15. The van der Waals surface area contributed by atoms with Gasteiger partial charge in [0.2, 0.25) is 10.0 Å². The standard InChI is InChI=1S/C23H24N4O2S/c1-14-9-10-15(2)22-21(14)23(17-7-5-6-8-18(17)25-22)26-19-12-11-16(13-20(19)24-3)27-30(4,28)29/h5-13,24,27H,1-4H3,(H,25,26). The number of benzene rings is 3. The molecule has 4 aromatic rings. The smallest absolute Gasteiger partial charge is 0.229 e. The molecule has 7 heteroatoms. The molecular weight excluding hydrogens is 396 g/mol. The molecule has 6 nitrogen and oxygen atoms in total. The molecule has 0 aliphatic carbocycles. The van der Waals surface area contributed by atoms with Crippen LogP contribution in [0.15, 0.2) is 54.6 Å². The molecule has 1 heterocycles. The van der Waals surface area contributed by atoms with Crippen molar-refractivity contribution < 1.29 is 8.42 Å². The Hall–Kier alpha value is -3.32. The van der Waals surface area contributed by atoms with Crippen molar-refractivity contribution in [1.82, 2.24) is 4.98 Å². The van der Waals surface area contributed by atoms with Crippen molar-refractivity contribution in [3.8, 4) is 0 Å². The summed E-state index contributed by atoms with van der Waals surface area (Å²) in [6, 6.07) is 17.6. The second kappa shape index (κ2) is 7.50. The highest BCUT2D eigenvalue weighted by molar-refractivity contribution is 7.92. The minimum Gasteiger partial charge on any atom is -0.386 e. The summed E-state index contributed by atoms with van der Waals surface area (Å²) in [5.74, 6) is 0. The normalized spacial score (nSPS) is 11.6. The van der Waals surface area contributed by atoms with E-state index < -0.39 is 10.0 Å². The Morgan fingerprint density at radius 1 is 0.900 bits per heavy atom. The molecule has 0 spiro atoms. The third-order valence-corrected chi connectivity index (χ3v) is 5.70. The van der Waals surface area contributed by atoms with Crippen LogP contribution in [0.2, 0.25) is 0 Å². The minimum atomic E-state index is -3.35. The average molecular weight is 421 g/mol. The van der Waals surface area contributed by atoms with Crippen LogP contribution in [0.5, 0.6) is 0 Å². The van der Waals surface area contributed by atoms with Gasteiger partial charge in [-0.05, 0) is 49.2 Å². The Morgan fingerprint density at radius 2 is 1.63 bits per heavy atom. The largest absolute Gasteiger partial charge is 0.386 e. The fraction of sp³-hybridized carbons (Fsp3) is 0.174. The number of aromatic nitrogens is 1. The summed E-state index contributed by atoms with van der Waals surface area (Å²) < 4.78 is 25.7. The lowest BCUT2D eigenvalue weighted by atomic mass is 10.0. The molecule has 0 aliphatic rings. The van der Waals surface area contributed by atoms with E-state index in [4.69, 9.17) is 4.98 Å². The number of pyridine rings is 1. The molecule has 0 fully saturated rings. The number of hydrogen-bond acceptors (Lipinski definition) is 5. The Balaban J connectivity index is 1.92. The number of nitrogens with zero attached hydrogens (tertiary/aromatic N) is 1. The number of fused-ring (bicyclic) bond motifs is 2. The first-order chi connectivity index (χ1) is 14.3. The Labute approximate surface area is 176 Å². The summed E-state index contributed by atoms with van der Waals surface area (Å²) in [5.41, 5.74) is 7.25. The molecule has 1 aromatic heterocycles. The first kappa shape index (κ1) is 20.0. The van der Waals surface area contributed by atoms with Gasteiger partial charge in [0.05, 0.1) is 40.0 Å². The molecule has 3 N–H and O–H groups in total. The third kappa shape index (κ3) is 3.76. The van der Waals surface area contributed by atoms with E-state index in [-0.39, 0.29) is 0 Å². The summed E-state index contributed by atoms with van der Waals surface area (Å²) in [5, 5.41) is 8.84. The predicted molar refractivity (Wildman–Crippen MR) is 126 cm³/mol. The van der Waals surface area contributed by atoms with Gasteiger partial charge in [-0.2, -0.15) is 0 Å². The van der Waals surface area contributed by atoms with Crippen molar-refractivity contribution in [1.29, 1.82) is 0 Å². The molecule has 0 bridgehead atoms. The summed E-state index contributed by atoms with van der Waals surface area (Å²) in [6.45, 7) is 4.15. The Bertz CT molecular complexity index is 1380. The Kier molecular flexibility index (Phi) is 4.99. The van der Waals surface area contributed by atoms with Gasteiger partial charge < -0.3 is 10.6 Å². The zero-order valence-corrected chi connectivity index (χ0v) is 18.2. The third-order valence-electron chi connectivity index (χ3n) is 5.10. The summed E-state index contributed by atoms with van der Waals surface area (Å²) in [6.07, 6.45) is 1.14. The lowest BCUT2D eigenvalue weighted by Crippen LogP contribution is -2.10. The molecule has 0 amide bonds. The van der Waals surface area contributed by atoms with Crippen LogP contribution in [0.1, 0.15) is 11.1 Å². The first-order valence-corrected chi connectivity index (χ1v) is 11.5. The number of aryl methyl sites for hydroxylation is 2. The monoisotopic (exact) mass is 420 g/mol. The van der Waals surface area contributed by atoms with E-state index in [1.54, 1.807) is 12.1 Å².